The molecule has 1 aromatic carbocycles. The number of halogens is 1. The van der Waals surface area contributed by atoms with Crippen LogP contribution in [-0.2, 0) is 4.79 Å². The van der Waals surface area contributed by atoms with Crippen molar-refractivity contribution in [2.45, 2.75) is 18.9 Å². The number of hydrogen-bond donors (Lipinski definition) is 3. The molecule has 0 saturated carbocycles. The molecule has 8 nitrogen and oxygen atoms in total. The number of nitrogens with zero attached hydrogens (tertiary/aromatic N) is 3. The number of benzene rings is 1. The van der Waals surface area contributed by atoms with Crippen molar-refractivity contribution in [2.24, 2.45) is 0 Å². The highest BCUT2D eigenvalue weighted by atomic mass is 35.5. The number of hydrogen-bond acceptors (Lipinski definition) is 5. The number of aromatic nitrogens is 3. The van der Waals surface area contributed by atoms with Crippen LogP contribution in [0.25, 0.3) is 11.0 Å². The van der Waals surface area contributed by atoms with E-state index in [0.29, 0.717) is 28.6 Å². The van der Waals surface area contributed by atoms with Crippen LogP contribution in [-0.4, -0.2) is 52.4 Å². The van der Waals surface area contributed by atoms with Crippen molar-refractivity contribution in [3.63, 3.8) is 0 Å². The smallest absolute Gasteiger partial charge is 0.251 e. The number of H-pyrrole nitrogens is 1. The van der Waals surface area contributed by atoms with E-state index in [1.54, 1.807) is 35.4 Å². The third-order valence-electron chi connectivity index (χ3n) is 4.95. The van der Waals surface area contributed by atoms with Crippen LogP contribution in [0, 0.1) is 0 Å². The summed E-state index contributed by atoms with van der Waals surface area (Å²) < 4.78 is 0. The van der Waals surface area contributed by atoms with Crippen molar-refractivity contribution in [3.05, 3.63) is 53.4 Å². The van der Waals surface area contributed by atoms with Gasteiger partial charge in [0.05, 0.1) is 18.0 Å². The maximum Gasteiger partial charge on any atom is 0.251 e. The number of carbonyl (C=O) groups is 2. The van der Waals surface area contributed by atoms with Crippen LogP contribution in [0.4, 0.5) is 5.82 Å². The van der Waals surface area contributed by atoms with E-state index < -0.39 is 0 Å². The standard InChI is InChI=1S/C20H21ClN6O2/c21-14-4-1-3-13(9-14)20(29)24-11-17(28)27(15-5-2-7-22-10-15)19-16-6-8-23-18(16)25-12-26-19/h1,3-4,6,8-9,12,15,22H,2,5,7,10-11H2,(H,24,29)(H,23,25,26). The molecule has 2 amide bonds. The maximum absolute atomic E-state index is 13.2. The largest absolute Gasteiger partial charge is 0.346 e. The van der Waals surface area contributed by atoms with Gasteiger partial charge < -0.3 is 15.6 Å². The first kappa shape index (κ1) is 19.4. The molecule has 3 N–H and O–H groups in total. The fraction of sp³-hybridized carbons (Fsp3) is 0.300. The summed E-state index contributed by atoms with van der Waals surface area (Å²) in [5.74, 6) is -0.0284. The van der Waals surface area contributed by atoms with Crippen molar-refractivity contribution < 1.29 is 9.59 Å². The van der Waals surface area contributed by atoms with E-state index in [9.17, 15) is 9.59 Å². The number of nitrogens with one attached hydrogen (secondary N) is 3. The van der Waals surface area contributed by atoms with Crippen LogP contribution in [0.5, 0.6) is 0 Å². The van der Waals surface area contributed by atoms with Gasteiger partial charge in [0.2, 0.25) is 5.91 Å². The van der Waals surface area contributed by atoms with Crippen LogP contribution in [0.2, 0.25) is 5.02 Å². The molecule has 0 bridgehead atoms. The van der Waals surface area contributed by atoms with Gasteiger partial charge in [0.25, 0.3) is 5.91 Å². The second-order valence-corrected chi connectivity index (χ2v) is 7.33. The third kappa shape index (κ3) is 4.23. The summed E-state index contributed by atoms with van der Waals surface area (Å²) in [4.78, 5) is 38.9. The first-order chi connectivity index (χ1) is 14.1. The molecule has 0 aliphatic carbocycles. The van der Waals surface area contributed by atoms with E-state index in [2.05, 4.69) is 25.6 Å². The molecule has 3 heterocycles. The lowest BCUT2D eigenvalue weighted by Crippen LogP contribution is -2.52. The number of amides is 2. The molecule has 0 spiro atoms. The Labute approximate surface area is 172 Å². The quantitative estimate of drug-likeness (QED) is 0.595. The summed E-state index contributed by atoms with van der Waals surface area (Å²) in [5, 5.41) is 7.27. The van der Waals surface area contributed by atoms with Gasteiger partial charge in [0.1, 0.15) is 17.8 Å². The second-order valence-electron chi connectivity index (χ2n) is 6.89. The Bertz CT molecular complexity index is 1030. The lowest BCUT2D eigenvalue weighted by Gasteiger charge is -2.34. The van der Waals surface area contributed by atoms with Crippen LogP contribution >= 0.6 is 11.6 Å². The van der Waals surface area contributed by atoms with Gasteiger partial charge in [-0.3, -0.25) is 14.5 Å². The number of fused-ring (bicyclic) bond motifs is 1. The predicted octanol–water partition coefficient (Wildman–Crippen LogP) is 2.13. The first-order valence-electron chi connectivity index (χ1n) is 9.48. The Morgan fingerprint density at radius 3 is 2.97 bits per heavy atom. The van der Waals surface area contributed by atoms with Gasteiger partial charge in [-0.2, -0.15) is 0 Å². The third-order valence-corrected chi connectivity index (χ3v) is 5.19. The van der Waals surface area contributed by atoms with Crippen LogP contribution in [0.15, 0.2) is 42.9 Å². The zero-order valence-electron chi connectivity index (χ0n) is 15.7. The molecule has 2 aromatic heterocycles. The molecular formula is C20H21ClN6O2. The SMILES string of the molecule is O=C(NCC(=O)N(c1ncnc2[nH]ccc12)C1CCCNC1)c1cccc(Cl)c1. The Morgan fingerprint density at radius 2 is 2.17 bits per heavy atom. The molecule has 150 valence electrons. The van der Waals surface area contributed by atoms with Gasteiger partial charge in [-0.15, -0.1) is 0 Å². The average molecular weight is 413 g/mol. The van der Waals surface area contributed by atoms with E-state index in [4.69, 9.17) is 11.6 Å². The molecule has 3 aromatic rings. The zero-order chi connectivity index (χ0) is 20.2. The van der Waals surface area contributed by atoms with Crippen molar-refractivity contribution in [2.75, 3.05) is 24.5 Å². The number of anilines is 1. The summed E-state index contributed by atoms with van der Waals surface area (Å²) in [7, 11) is 0. The first-order valence-corrected chi connectivity index (χ1v) is 9.86. The topological polar surface area (TPSA) is 103 Å². The summed E-state index contributed by atoms with van der Waals surface area (Å²) in [6.07, 6.45) is 5.03. The number of aromatic amines is 1. The molecule has 4 rings (SSSR count). The van der Waals surface area contributed by atoms with Gasteiger partial charge in [-0.25, -0.2) is 9.97 Å². The molecule has 1 aliphatic heterocycles. The lowest BCUT2D eigenvalue weighted by atomic mass is 10.1. The fourth-order valence-corrected chi connectivity index (χ4v) is 3.76. The second kappa shape index (κ2) is 8.59. The summed E-state index contributed by atoms with van der Waals surface area (Å²) in [6.45, 7) is 1.45. The van der Waals surface area contributed by atoms with Gasteiger partial charge in [-0.05, 0) is 43.7 Å². The van der Waals surface area contributed by atoms with E-state index in [-0.39, 0.29) is 24.4 Å². The Morgan fingerprint density at radius 1 is 1.28 bits per heavy atom. The maximum atomic E-state index is 13.2. The zero-order valence-corrected chi connectivity index (χ0v) is 16.4. The van der Waals surface area contributed by atoms with E-state index in [1.165, 1.54) is 6.33 Å². The number of rotatable bonds is 5. The van der Waals surface area contributed by atoms with Gasteiger partial charge in [-0.1, -0.05) is 17.7 Å². The highest BCUT2D eigenvalue weighted by Gasteiger charge is 2.29. The predicted molar refractivity (Wildman–Crippen MR) is 111 cm³/mol. The van der Waals surface area contributed by atoms with Gasteiger partial charge in [0.15, 0.2) is 0 Å². The van der Waals surface area contributed by atoms with Crippen molar-refractivity contribution in [1.29, 1.82) is 0 Å². The highest BCUT2D eigenvalue weighted by Crippen LogP contribution is 2.26. The molecular weight excluding hydrogens is 392 g/mol. The molecule has 1 saturated heterocycles. The van der Waals surface area contributed by atoms with E-state index >= 15 is 0 Å². The Kier molecular flexibility index (Phi) is 5.73. The van der Waals surface area contributed by atoms with Gasteiger partial charge in [0, 0.05) is 23.3 Å². The van der Waals surface area contributed by atoms with Crippen LogP contribution in [0.3, 0.4) is 0 Å². The monoisotopic (exact) mass is 412 g/mol. The number of piperidine rings is 1. The summed E-state index contributed by atoms with van der Waals surface area (Å²) in [6, 6.07) is 8.42. The highest BCUT2D eigenvalue weighted by molar-refractivity contribution is 6.31. The van der Waals surface area contributed by atoms with Crippen molar-refractivity contribution >= 4 is 40.3 Å². The van der Waals surface area contributed by atoms with E-state index in [0.717, 1.165) is 24.8 Å². The normalized spacial score (nSPS) is 16.5. The molecule has 1 atom stereocenters. The van der Waals surface area contributed by atoms with Crippen LogP contribution in [0.1, 0.15) is 23.2 Å². The Hall–Kier alpha value is -2.97. The molecule has 1 unspecified atom stereocenters. The molecule has 29 heavy (non-hydrogen) atoms. The van der Waals surface area contributed by atoms with Gasteiger partial charge >= 0.3 is 0 Å². The number of carbonyl (C=O) groups excluding carboxylic acids is 2. The van der Waals surface area contributed by atoms with Crippen LogP contribution < -0.4 is 15.5 Å². The molecule has 1 aliphatic rings. The lowest BCUT2D eigenvalue weighted by molar-refractivity contribution is -0.118. The van der Waals surface area contributed by atoms with Crippen molar-refractivity contribution in [3.8, 4) is 0 Å². The summed E-state index contributed by atoms with van der Waals surface area (Å²) >= 11 is 5.95. The van der Waals surface area contributed by atoms with E-state index in [1.807, 2.05) is 6.07 Å². The minimum absolute atomic E-state index is 0.0488. The molecule has 0 radical (unpaired) electrons. The minimum Gasteiger partial charge on any atom is -0.346 e. The average Bonchev–Trinajstić information content (AvgIpc) is 3.23. The fourth-order valence-electron chi connectivity index (χ4n) is 3.57. The summed E-state index contributed by atoms with van der Waals surface area (Å²) in [5.41, 5.74) is 1.07. The van der Waals surface area contributed by atoms with Crippen molar-refractivity contribution in [1.82, 2.24) is 25.6 Å². The Balaban J connectivity index is 1.57. The molecule has 1 fully saturated rings. The molecule has 9 heteroatoms. The minimum atomic E-state index is -0.350.